The van der Waals surface area contributed by atoms with Crippen molar-refractivity contribution in [2.75, 3.05) is 45.9 Å². The van der Waals surface area contributed by atoms with Crippen LogP contribution in [0.15, 0.2) is 0 Å². The quantitative estimate of drug-likeness (QED) is 0.0280. The van der Waals surface area contributed by atoms with E-state index in [9.17, 15) is 112 Å². The van der Waals surface area contributed by atoms with Crippen molar-refractivity contribution in [3.05, 3.63) is 0 Å². The van der Waals surface area contributed by atoms with Gasteiger partial charge in [0, 0.05) is 32.6 Å². The molecule has 42 heteroatoms. The average Bonchev–Trinajstić information content (AvgIpc) is 1.65. The lowest BCUT2D eigenvalue weighted by Crippen LogP contribution is -2.63. The molecule has 4 aliphatic heterocycles. The predicted molar refractivity (Wildman–Crippen MR) is 467 cm³/mol. The van der Waals surface area contributed by atoms with Gasteiger partial charge in [-0.25, -0.2) is 4.79 Å². The van der Waals surface area contributed by atoms with Crippen molar-refractivity contribution in [1.82, 2.24) is 88.7 Å². The molecule has 0 aromatic heterocycles. The molecule has 724 valence electrons. The molecule has 0 radical (unpaired) electrons. The lowest BCUT2D eigenvalue weighted by atomic mass is 9.95. The minimum absolute atomic E-state index is 0.0109. The van der Waals surface area contributed by atoms with Gasteiger partial charge < -0.3 is 121 Å². The number of likely N-dealkylation sites (tertiary alicyclic amines) is 4. The van der Waals surface area contributed by atoms with E-state index in [0.717, 1.165) is 4.90 Å². The number of primary amides is 1. The Balaban J connectivity index is 1.43. The smallest absolute Gasteiger partial charge is 0.328 e. The Morgan fingerprint density at radius 3 is 1.05 bits per heavy atom. The number of nitrogens with two attached hydrogens (primary N) is 2. The van der Waals surface area contributed by atoms with Crippen molar-refractivity contribution in [1.29, 1.82) is 0 Å². The molecule has 4 rings (SSSR count). The van der Waals surface area contributed by atoms with Gasteiger partial charge in [-0.1, -0.05) is 137 Å². The molecule has 0 aromatic rings. The minimum Gasteiger partial charge on any atom is -0.480 e. The van der Waals surface area contributed by atoms with Crippen molar-refractivity contribution in [3.63, 3.8) is 0 Å². The van der Waals surface area contributed by atoms with Crippen molar-refractivity contribution in [2.45, 2.75) is 330 Å². The lowest BCUT2D eigenvalue weighted by Gasteiger charge is -2.33. The fraction of sp³-hybridized carbons (Fsp3) is 0.779. The van der Waals surface area contributed by atoms with Crippen LogP contribution in [0, 0.1) is 53.3 Å². The van der Waals surface area contributed by atoms with Gasteiger partial charge >= 0.3 is 5.97 Å². The Morgan fingerprint density at radius 2 is 0.664 bits per heavy atom. The van der Waals surface area contributed by atoms with E-state index in [1.807, 2.05) is 0 Å². The third-order valence-electron chi connectivity index (χ3n) is 24.0. The zero-order valence-electron chi connectivity index (χ0n) is 77.9. The van der Waals surface area contributed by atoms with Crippen LogP contribution in [-0.4, -0.2) is 307 Å². The molecule has 0 unspecified atom stereocenters. The van der Waals surface area contributed by atoms with Crippen LogP contribution in [0.25, 0.3) is 0 Å². The topological polar surface area (TPSA) is 627 Å². The zero-order chi connectivity index (χ0) is 96.9. The summed E-state index contributed by atoms with van der Waals surface area (Å²) in [6.45, 7) is 29.4. The molecule has 0 spiro atoms. The van der Waals surface area contributed by atoms with Gasteiger partial charge in [-0.05, 0) is 131 Å². The number of hydrogen-bond donors (Lipinski definition) is 19. The van der Waals surface area contributed by atoms with E-state index in [1.165, 1.54) is 21.6 Å². The van der Waals surface area contributed by atoms with Gasteiger partial charge in [0.1, 0.15) is 96.7 Å². The maximum atomic E-state index is 14.7. The molecule has 20 atom stereocenters. The van der Waals surface area contributed by atoms with E-state index in [1.54, 1.807) is 125 Å². The summed E-state index contributed by atoms with van der Waals surface area (Å²) in [4.78, 5) is 269. The van der Waals surface area contributed by atoms with Gasteiger partial charge in [-0.15, -0.1) is 0 Å². The molecule has 18 amide bonds. The van der Waals surface area contributed by atoms with Gasteiger partial charge in [-0.3, -0.25) is 86.3 Å². The third-order valence-corrected chi connectivity index (χ3v) is 24.0. The summed E-state index contributed by atoms with van der Waals surface area (Å²) in [5.74, 6) is -20.0. The van der Waals surface area contributed by atoms with E-state index in [-0.39, 0.29) is 108 Å². The largest absolute Gasteiger partial charge is 0.480 e. The van der Waals surface area contributed by atoms with Crippen LogP contribution in [0.4, 0.5) is 0 Å². The number of amides is 18. The highest BCUT2D eigenvalue weighted by Gasteiger charge is 2.47. The maximum absolute atomic E-state index is 14.7. The van der Waals surface area contributed by atoms with E-state index in [2.05, 4.69) is 69.1 Å². The second-order valence-corrected chi connectivity index (χ2v) is 37.0. The average molecular weight is 1820 g/mol. The highest BCUT2D eigenvalue weighted by atomic mass is 16.4. The van der Waals surface area contributed by atoms with Gasteiger partial charge in [0.25, 0.3) is 0 Å². The Labute approximate surface area is 750 Å². The SMILES string of the molecule is CC[C@H](C)[C@H](NC(=O)[C@@H](NC(=O)[C@@H](N)C(C)C)C(C)C)C(=O)N[C@@H](CCC(N)=O)C(=O)N1CCC[C@H]1C(=O)N[C@@H](CO)C(=O)N1CCC[C@H]1C(=O)N[C@H](C(=O)N[C@H](C(=O)N[C@H](C(=O)N[C@H](C(=O)N[C@@H](CC(C)C)C(=O)N1CCC[C@H]1C(=O)NCC(=O)N1CCC[C@H]1C(=O)N[C@H](C(=O)N[C@@H](CC(C)C)C(=O)N[C@@H](CO)C(=O)O)[C@@H](C)CC)[C@@H](C)O)C(C)C)C(C)C)C(C)C. The summed E-state index contributed by atoms with van der Waals surface area (Å²) in [5, 5.41) is 74.8. The monoisotopic (exact) mass is 1810 g/mol. The highest BCUT2D eigenvalue weighted by molar-refractivity contribution is 6.02. The molecule has 0 saturated carbocycles. The van der Waals surface area contributed by atoms with Gasteiger partial charge in [0.15, 0.2) is 0 Å². The molecule has 4 heterocycles. The Morgan fingerprint density at radius 1 is 0.352 bits per heavy atom. The van der Waals surface area contributed by atoms with Crippen LogP contribution in [0.3, 0.4) is 0 Å². The molecule has 0 bridgehead atoms. The molecule has 42 nitrogen and oxygen atoms in total. The molecule has 4 saturated heterocycles. The van der Waals surface area contributed by atoms with Crippen molar-refractivity contribution in [2.24, 2.45) is 64.7 Å². The van der Waals surface area contributed by atoms with Gasteiger partial charge in [0.05, 0.1) is 31.9 Å². The van der Waals surface area contributed by atoms with Gasteiger partial charge in [-0.2, -0.15) is 0 Å². The number of aliphatic carboxylic acids is 1. The summed E-state index contributed by atoms with van der Waals surface area (Å²) >= 11 is 0. The first kappa shape index (κ1) is 110. The second-order valence-electron chi connectivity index (χ2n) is 37.0. The molecule has 4 aliphatic rings. The molecule has 21 N–H and O–H groups in total. The number of aliphatic hydroxyl groups is 3. The number of hydrogen-bond acceptors (Lipinski definition) is 23. The fourth-order valence-electron chi connectivity index (χ4n) is 15.8. The number of carboxylic acid groups (broad SMARTS) is 1. The summed E-state index contributed by atoms with van der Waals surface area (Å²) in [5.41, 5.74) is 11.6. The Bertz CT molecular complexity index is 3880. The number of carbonyl (C=O) groups excluding carboxylic acids is 18. The number of carboxylic acids is 1. The zero-order valence-corrected chi connectivity index (χ0v) is 77.9. The van der Waals surface area contributed by atoms with Crippen LogP contribution in [0.5, 0.6) is 0 Å². The Kier molecular flexibility index (Phi) is 44.6. The molecular formula is C86H147N19O23. The number of aliphatic hydroxyl groups excluding tert-OH is 3. The molecule has 4 fully saturated rings. The van der Waals surface area contributed by atoms with E-state index in [4.69, 9.17) is 11.5 Å². The normalized spacial score (nSPS) is 20.2. The molecular weight excluding hydrogens is 1670 g/mol. The van der Waals surface area contributed by atoms with Crippen LogP contribution < -0.4 is 80.6 Å². The van der Waals surface area contributed by atoms with E-state index in [0.29, 0.717) is 25.7 Å². The maximum Gasteiger partial charge on any atom is 0.328 e. The first-order chi connectivity index (χ1) is 59.9. The number of rotatable bonds is 50. The van der Waals surface area contributed by atoms with Crippen LogP contribution >= 0.6 is 0 Å². The van der Waals surface area contributed by atoms with Crippen LogP contribution in [0.2, 0.25) is 0 Å². The third kappa shape index (κ3) is 31.6. The number of nitrogens with one attached hydrogen (secondary N) is 13. The highest BCUT2D eigenvalue weighted by Crippen LogP contribution is 2.27. The number of carbonyl (C=O) groups is 19. The first-order valence-electron chi connectivity index (χ1n) is 45.2. The summed E-state index contributed by atoms with van der Waals surface area (Å²) in [7, 11) is 0. The fourth-order valence-corrected chi connectivity index (χ4v) is 15.8. The minimum atomic E-state index is -1.75. The predicted octanol–water partition coefficient (Wildman–Crippen LogP) is -3.61. The Hall–Kier alpha value is -10.2. The summed E-state index contributed by atoms with van der Waals surface area (Å²) < 4.78 is 0. The van der Waals surface area contributed by atoms with E-state index >= 15 is 0 Å². The number of nitrogens with zero attached hydrogens (tertiary/aromatic N) is 4. The standard InChI is InChI=1S/C86H147N19O23/c1-20-48(17)67(81(122)91-52(36-41(3)4)70(111)94-55(40-107)86(127)128)99-73(114)57-27-22-32-102(57)61(110)38-89-71(112)56-26-23-33-103(56)84(125)53(37-42(5)6)92-82(123)69(50(19)108)101-79(120)66(47(15)16)98-77(118)65(46(13)14)97-76(117)63(44(9)10)95-74(115)59-29-25-35-105(59)85(126)54(39-106)93-72(113)58-28-24-34-104(58)83(124)51(30-31-60(87)109)90-80(121)68(49(18)21-2)100-78(119)64(45(11)12)96-75(116)62(88)43(7)8/h41-59,62-69,106-108H,20-40,88H2,1-19H3,(H2,87,109)(H,89,112)(H,90,121)(H,91,122)(H,92,123)(H,93,113)(H,94,111)(H,95,115)(H,96,116)(H,97,117)(H,98,118)(H,99,114)(H,100,119)(H,101,120)(H,127,128)/t48-,49-,50+,51-,52-,53-,54-,55-,56-,57-,58-,59-,62-,63-,64-,65-,66-,67-,68-,69-/m0/s1. The molecule has 128 heavy (non-hydrogen) atoms. The lowest BCUT2D eigenvalue weighted by molar-refractivity contribution is -0.145. The molecule has 0 aromatic carbocycles. The van der Waals surface area contributed by atoms with Crippen molar-refractivity contribution < 1.29 is 112 Å². The second kappa shape index (κ2) is 51.8. The van der Waals surface area contributed by atoms with Crippen molar-refractivity contribution >= 4 is 112 Å². The van der Waals surface area contributed by atoms with Crippen LogP contribution in [0.1, 0.15) is 221 Å². The first-order valence-corrected chi connectivity index (χ1v) is 45.2. The summed E-state index contributed by atoms with van der Waals surface area (Å²) in [6.07, 6.45) is 0.266. The van der Waals surface area contributed by atoms with Crippen LogP contribution in [-0.2, 0) is 91.1 Å². The van der Waals surface area contributed by atoms with Crippen molar-refractivity contribution in [3.8, 4) is 0 Å². The van der Waals surface area contributed by atoms with E-state index < -0.39 is 276 Å². The summed E-state index contributed by atoms with van der Waals surface area (Å²) in [6, 6.07) is -22.5. The molecule has 0 aliphatic carbocycles. The van der Waals surface area contributed by atoms with Gasteiger partial charge in [0.2, 0.25) is 106 Å².